The lowest BCUT2D eigenvalue weighted by Crippen LogP contribution is -2.56. The Morgan fingerprint density at radius 3 is 2.59 bits per heavy atom. The van der Waals surface area contributed by atoms with Crippen molar-refractivity contribution in [1.82, 2.24) is 4.90 Å². The molecule has 0 bridgehead atoms. The van der Waals surface area contributed by atoms with E-state index >= 15 is 0 Å². The van der Waals surface area contributed by atoms with Gasteiger partial charge in [-0.15, -0.1) is 0 Å². The number of nitrogens with two attached hydrogens (primary N) is 1. The van der Waals surface area contributed by atoms with Gasteiger partial charge in [0.25, 0.3) is 0 Å². The van der Waals surface area contributed by atoms with E-state index in [1.165, 1.54) is 32.8 Å². The second kappa shape index (κ2) is 5.83. The molecule has 1 fully saturated rings. The fraction of sp³-hybridized carbons (Fsp3) is 0.923. The predicted octanol–water partition coefficient (Wildman–Crippen LogP) is 1.39. The highest BCUT2D eigenvalue weighted by Crippen LogP contribution is 2.27. The molecule has 0 radical (unpaired) electrons. The first-order valence-corrected chi connectivity index (χ1v) is 6.46. The minimum Gasteiger partial charge on any atom is -0.468 e. The smallest absolute Gasteiger partial charge is 0.326 e. The molecule has 4 nitrogen and oxygen atoms in total. The number of ether oxygens (including phenoxy) is 1. The monoisotopic (exact) mass is 242 g/mol. The Morgan fingerprint density at radius 2 is 2.06 bits per heavy atom. The Hall–Kier alpha value is -0.610. The van der Waals surface area contributed by atoms with Crippen LogP contribution < -0.4 is 5.73 Å². The van der Waals surface area contributed by atoms with Gasteiger partial charge in [-0.05, 0) is 32.7 Å². The first-order valence-electron chi connectivity index (χ1n) is 6.46. The minimum atomic E-state index is -0.916. The van der Waals surface area contributed by atoms with E-state index in [9.17, 15) is 4.79 Å². The van der Waals surface area contributed by atoms with E-state index in [2.05, 4.69) is 18.9 Å². The maximum absolute atomic E-state index is 11.6. The zero-order valence-corrected chi connectivity index (χ0v) is 11.5. The largest absolute Gasteiger partial charge is 0.468 e. The van der Waals surface area contributed by atoms with Crippen LogP contribution in [0.25, 0.3) is 0 Å². The summed E-state index contributed by atoms with van der Waals surface area (Å²) in [5.41, 5.74) is 5.09. The van der Waals surface area contributed by atoms with Crippen molar-refractivity contribution in [2.75, 3.05) is 20.7 Å². The molecule has 4 heteroatoms. The van der Waals surface area contributed by atoms with Gasteiger partial charge >= 0.3 is 5.97 Å². The molecule has 0 saturated heterocycles. The molecule has 0 spiro atoms. The molecule has 0 aromatic heterocycles. The Morgan fingerprint density at radius 1 is 1.47 bits per heavy atom. The number of likely N-dealkylation sites (N-methyl/N-ethyl adjacent to an activating group) is 1. The topological polar surface area (TPSA) is 55.6 Å². The van der Waals surface area contributed by atoms with Crippen LogP contribution in [0.15, 0.2) is 0 Å². The molecular weight excluding hydrogens is 216 g/mol. The van der Waals surface area contributed by atoms with Crippen LogP contribution in [0, 0.1) is 5.92 Å². The summed E-state index contributed by atoms with van der Waals surface area (Å²) in [7, 11) is 3.44. The van der Waals surface area contributed by atoms with E-state index in [0.717, 1.165) is 0 Å². The van der Waals surface area contributed by atoms with Crippen LogP contribution >= 0.6 is 0 Å². The van der Waals surface area contributed by atoms with Crippen LogP contribution in [0.5, 0.6) is 0 Å². The van der Waals surface area contributed by atoms with E-state index in [1.807, 2.05) is 0 Å². The van der Waals surface area contributed by atoms with Crippen molar-refractivity contribution in [3.8, 4) is 0 Å². The molecule has 3 atom stereocenters. The molecule has 1 saturated carbocycles. The summed E-state index contributed by atoms with van der Waals surface area (Å²) >= 11 is 0. The zero-order valence-electron chi connectivity index (χ0n) is 11.5. The summed E-state index contributed by atoms with van der Waals surface area (Å²) < 4.78 is 4.74. The molecular formula is C13H26N2O2. The van der Waals surface area contributed by atoms with Gasteiger partial charge in [0.2, 0.25) is 0 Å². The van der Waals surface area contributed by atoms with Gasteiger partial charge in [0.1, 0.15) is 5.54 Å². The van der Waals surface area contributed by atoms with Crippen molar-refractivity contribution in [2.45, 2.75) is 51.1 Å². The molecule has 1 aliphatic carbocycles. The highest BCUT2D eigenvalue weighted by atomic mass is 16.5. The van der Waals surface area contributed by atoms with E-state index < -0.39 is 5.54 Å². The second-order valence-corrected chi connectivity index (χ2v) is 5.65. The van der Waals surface area contributed by atoms with Crippen molar-refractivity contribution in [1.29, 1.82) is 0 Å². The molecule has 2 N–H and O–H groups in total. The van der Waals surface area contributed by atoms with Gasteiger partial charge in [0.05, 0.1) is 7.11 Å². The summed E-state index contributed by atoms with van der Waals surface area (Å²) in [6.07, 6.45) is 5.07. The molecule has 0 aliphatic heterocycles. The first kappa shape index (κ1) is 14.5. The van der Waals surface area contributed by atoms with Crippen molar-refractivity contribution >= 4 is 5.97 Å². The number of nitrogens with zero attached hydrogens (tertiary/aromatic N) is 1. The Balaban J connectivity index is 2.58. The average Bonchev–Trinajstić information content (AvgIpc) is 2.27. The van der Waals surface area contributed by atoms with Crippen molar-refractivity contribution < 1.29 is 9.53 Å². The zero-order chi connectivity index (χ0) is 13.1. The van der Waals surface area contributed by atoms with E-state index in [1.54, 1.807) is 6.92 Å². The van der Waals surface area contributed by atoms with Gasteiger partial charge in [0.15, 0.2) is 0 Å². The lowest BCUT2D eigenvalue weighted by Gasteiger charge is -2.39. The van der Waals surface area contributed by atoms with E-state index in [0.29, 0.717) is 18.5 Å². The third-order valence-electron chi connectivity index (χ3n) is 3.86. The summed E-state index contributed by atoms with van der Waals surface area (Å²) in [6.45, 7) is 4.57. The summed E-state index contributed by atoms with van der Waals surface area (Å²) in [5, 5.41) is 0. The minimum absolute atomic E-state index is 0.340. The van der Waals surface area contributed by atoms with Gasteiger partial charge in [-0.1, -0.05) is 19.8 Å². The maximum atomic E-state index is 11.6. The normalized spacial score (nSPS) is 28.8. The predicted molar refractivity (Wildman–Crippen MR) is 68.7 cm³/mol. The molecule has 3 unspecified atom stereocenters. The molecule has 0 aromatic rings. The van der Waals surface area contributed by atoms with Crippen molar-refractivity contribution in [2.24, 2.45) is 11.7 Å². The maximum Gasteiger partial charge on any atom is 0.326 e. The molecule has 1 aliphatic rings. The van der Waals surface area contributed by atoms with Gasteiger partial charge in [-0.25, -0.2) is 0 Å². The molecule has 100 valence electrons. The number of methoxy groups -OCH3 is 1. The van der Waals surface area contributed by atoms with Crippen LogP contribution in [0.1, 0.15) is 39.5 Å². The summed E-state index contributed by atoms with van der Waals surface area (Å²) in [6, 6.07) is 0.538. The summed E-state index contributed by atoms with van der Waals surface area (Å²) in [4.78, 5) is 13.8. The average molecular weight is 242 g/mol. The molecule has 0 amide bonds. The molecule has 0 heterocycles. The van der Waals surface area contributed by atoms with Crippen LogP contribution in [-0.2, 0) is 9.53 Å². The third-order valence-corrected chi connectivity index (χ3v) is 3.86. The number of esters is 1. The highest BCUT2D eigenvalue weighted by Gasteiger charge is 2.34. The number of carbonyl (C=O) groups is 1. The SMILES string of the molecule is COC(=O)C(C)(N)CN(C)C1CCCCC1C. The van der Waals surface area contributed by atoms with Gasteiger partial charge in [0, 0.05) is 12.6 Å². The number of carbonyl (C=O) groups excluding carboxylic acids is 1. The molecule has 1 rings (SSSR count). The van der Waals surface area contributed by atoms with Crippen LogP contribution in [-0.4, -0.2) is 43.2 Å². The number of rotatable bonds is 4. The van der Waals surface area contributed by atoms with Crippen LogP contribution in [0.3, 0.4) is 0 Å². The second-order valence-electron chi connectivity index (χ2n) is 5.65. The highest BCUT2D eigenvalue weighted by molar-refractivity contribution is 5.80. The fourth-order valence-corrected chi connectivity index (χ4v) is 2.88. The Bertz CT molecular complexity index is 266. The van der Waals surface area contributed by atoms with Gasteiger partial charge in [-0.2, -0.15) is 0 Å². The van der Waals surface area contributed by atoms with E-state index in [4.69, 9.17) is 10.5 Å². The number of hydrogen-bond donors (Lipinski definition) is 1. The van der Waals surface area contributed by atoms with E-state index in [-0.39, 0.29) is 5.97 Å². The van der Waals surface area contributed by atoms with Crippen molar-refractivity contribution in [3.05, 3.63) is 0 Å². The van der Waals surface area contributed by atoms with Crippen molar-refractivity contribution in [3.63, 3.8) is 0 Å². The van der Waals surface area contributed by atoms with Gasteiger partial charge < -0.3 is 15.4 Å². The Labute approximate surface area is 104 Å². The molecule has 17 heavy (non-hydrogen) atoms. The lowest BCUT2D eigenvalue weighted by molar-refractivity contribution is -0.147. The van der Waals surface area contributed by atoms with Crippen LogP contribution in [0.4, 0.5) is 0 Å². The third kappa shape index (κ3) is 3.68. The van der Waals surface area contributed by atoms with Gasteiger partial charge in [-0.3, -0.25) is 4.79 Å². The summed E-state index contributed by atoms with van der Waals surface area (Å²) in [5.74, 6) is 0.343. The Kier molecular flexibility index (Phi) is 4.95. The lowest BCUT2D eigenvalue weighted by atomic mass is 9.84. The standard InChI is InChI=1S/C13H26N2O2/c1-10-7-5-6-8-11(10)15(3)9-13(2,14)12(16)17-4/h10-11H,5-9,14H2,1-4H3. The fourth-order valence-electron chi connectivity index (χ4n) is 2.88. The van der Waals surface area contributed by atoms with Crippen LogP contribution in [0.2, 0.25) is 0 Å². The molecule has 0 aromatic carbocycles. The quantitative estimate of drug-likeness (QED) is 0.757. The first-order chi connectivity index (χ1) is 7.88. The number of hydrogen-bond acceptors (Lipinski definition) is 4.